The van der Waals surface area contributed by atoms with Crippen LogP contribution in [0.25, 0.3) is 0 Å². The highest BCUT2D eigenvalue weighted by atomic mass is 79.9. The van der Waals surface area contributed by atoms with Crippen LogP contribution >= 0.6 is 15.9 Å². The van der Waals surface area contributed by atoms with Crippen molar-refractivity contribution >= 4 is 15.9 Å². The van der Waals surface area contributed by atoms with Crippen LogP contribution in [0, 0.1) is 0 Å². The maximum Gasteiger partial charge on any atom is 0.390 e. The Hall–Kier alpha value is -0.550. The number of benzene rings is 1. The maximum atomic E-state index is 12.3. The standard InChI is InChI=1S/C14H17BrF3N/c1-9(8-14(16,17)18)19-13-5-3-10-6-12(15)4-2-11(10)7-13/h2,4,6,9,13,19H,3,5,7-8H2,1H3. The van der Waals surface area contributed by atoms with E-state index in [9.17, 15) is 13.2 Å². The Kier molecular flexibility index (Phi) is 4.56. The first-order chi connectivity index (χ1) is 8.83. The lowest BCUT2D eigenvalue weighted by Crippen LogP contribution is -2.42. The van der Waals surface area contributed by atoms with Gasteiger partial charge in [-0.3, -0.25) is 0 Å². The van der Waals surface area contributed by atoms with Crippen LogP contribution in [0.4, 0.5) is 13.2 Å². The number of hydrogen-bond acceptors (Lipinski definition) is 1. The van der Waals surface area contributed by atoms with Gasteiger partial charge in [0, 0.05) is 16.6 Å². The number of alkyl halides is 3. The highest BCUT2D eigenvalue weighted by molar-refractivity contribution is 9.10. The molecule has 0 saturated heterocycles. The zero-order valence-electron chi connectivity index (χ0n) is 10.7. The van der Waals surface area contributed by atoms with Crippen molar-refractivity contribution in [1.82, 2.24) is 5.32 Å². The average molecular weight is 336 g/mol. The summed E-state index contributed by atoms with van der Waals surface area (Å²) in [5, 5.41) is 3.10. The molecule has 0 saturated carbocycles. The van der Waals surface area contributed by atoms with Crippen molar-refractivity contribution in [1.29, 1.82) is 0 Å². The predicted molar refractivity (Wildman–Crippen MR) is 73.2 cm³/mol. The molecule has 1 aliphatic rings. The molecule has 1 aromatic carbocycles. The molecule has 0 aliphatic heterocycles. The van der Waals surface area contributed by atoms with Gasteiger partial charge in [0.15, 0.2) is 0 Å². The van der Waals surface area contributed by atoms with E-state index in [2.05, 4.69) is 33.4 Å². The molecular weight excluding hydrogens is 319 g/mol. The monoisotopic (exact) mass is 335 g/mol. The predicted octanol–water partition coefficient (Wildman–Crippen LogP) is 4.24. The van der Waals surface area contributed by atoms with Crippen molar-refractivity contribution < 1.29 is 13.2 Å². The number of fused-ring (bicyclic) bond motifs is 1. The summed E-state index contributed by atoms with van der Waals surface area (Å²) in [6.07, 6.45) is -2.23. The molecule has 2 unspecified atom stereocenters. The topological polar surface area (TPSA) is 12.0 Å². The largest absolute Gasteiger partial charge is 0.390 e. The van der Waals surface area contributed by atoms with Gasteiger partial charge in [0.25, 0.3) is 0 Å². The smallest absolute Gasteiger partial charge is 0.311 e. The van der Waals surface area contributed by atoms with Gasteiger partial charge in [0.05, 0.1) is 6.42 Å². The summed E-state index contributed by atoms with van der Waals surface area (Å²) in [7, 11) is 0. The fourth-order valence-corrected chi connectivity index (χ4v) is 3.08. The second-order valence-electron chi connectivity index (χ2n) is 5.24. The van der Waals surface area contributed by atoms with Crippen molar-refractivity contribution in [3.8, 4) is 0 Å². The average Bonchev–Trinajstić information content (AvgIpc) is 2.26. The van der Waals surface area contributed by atoms with E-state index in [0.717, 1.165) is 23.7 Å². The third kappa shape index (κ3) is 4.49. The van der Waals surface area contributed by atoms with Gasteiger partial charge < -0.3 is 5.32 Å². The summed E-state index contributed by atoms with van der Waals surface area (Å²) in [6, 6.07) is 5.76. The van der Waals surface area contributed by atoms with E-state index in [1.807, 2.05) is 6.07 Å². The molecule has 0 amide bonds. The minimum Gasteiger partial charge on any atom is -0.311 e. The number of hydrogen-bond donors (Lipinski definition) is 1. The number of rotatable bonds is 3. The van der Waals surface area contributed by atoms with Crippen LogP contribution in [0.5, 0.6) is 0 Å². The van der Waals surface area contributed by atoms with Crippen LogP contribution in [0.15, 0.2) is 22.7 Å². The highest BCUT2D eigenvalue weighted by Gasteiger charge is 2.31. The highest BCUT2D eigenvalue weighted by Crippen LogP contribution is 2.26. The molecule has 2 atom stereocenters. The van der Waals surface area contributed by atoms with E-state index in [-0.39, 0.29) is 6.04 Å². The quantitative estimate of drug-likeness (QED) is 0.871. The minimum absolute atomic E-state index is 0.144. The summed E-state index contributed by atoms with van der Waals surface area (Å²) in [5.74, 6) is 0. The first-order valence-electron chi connectivity index (χ1n) is 6.43. The number of aryl methyl sites for hydroxylation is 1. The molecule has 106 valence electrons. The molecule has 19 heavy (non-hydrogen) atoms. The normalized spacial score (nSPS) is 21.0. The first-order valence-corrected chi connectivity index (χ1v) is 7.23. The molecule has 0 aromatic heterocycles. The zero-order chi connectivity index (χ0) is 14.0. The van der Waals surface area contributed by atoms with Gasteiger partial charge in [-0.2, -0.15) is 13.2 Å². The Morgan fingerprint density at radius 1 is 1.37 bits per heavy atom. The van der Waals surface area contributed by atoms with Gasteiger partial charge in [0.2, 0.25) is 0 Å². The van der Waals surface area contributed by atoms with E-state index in [1.165, 1.54) is 11.1 Å². The summed E-state index contributed by atoms with van der Waals surface area (Å²) >= 11 is 3.44. The van der Waals surface area contributed by atoms with E-state index < -0.39 is 18.6 Å². The lowest BCUT2D eigenvalue weighted by molar-refractivity contribution is -0.139. The van der Waals surface area contributed by atoms with Crippen LogP contribution in [0.1, 0.15) is 30.9 Å². The molecule has 0 fully saturated rings. The van der Waals surface area contributed by atoms with E-state index in [4.69, 9.17) is 0 Å². The second kappa shape index (κ2) is 5.83. The number of halogens is 4. The Bertz CT molecular complexity index is 445. The van der Waals surface area contributed by atoms with Gasteiger partial charge in [-0.25, -0.2) is 0 Å². The maximum absolute atomic E-state index is 12.3. The van der Waals surface area contributed by atoms with Gasteiger partial charge in [-0.15, -0.1) is 0 Å². The molecule has 0 radical (unpaired) electrons. The molecule has 5 heteroatoms. The van der Waals surface area contributed by atoms with Gasteiger partial charge in [0.1, 0.15) is 0 Å². The van der Waals surface area contributed by atoms with Crippen molar-refractivity contribution in [3.63, 3.8) is 0 Å². The second-order valence-corrected chi connectivity index (χ2v) is 6.16. The van der Waals surface area contributed by atoms with Crippen LogP contribution in [0.3, 0.4) is 0 Å². The van der Waals surface area contributed by atoms with E-state index >= 15 is 0 Å². The third-order valence-corrected chi connectivity index (χ3v) is 3.95. The molecular formula is C14H17BrF3N. The van der Waals surface area contributed by atoms with Crippen molar-refractivity contribution in [3.05, 3.63) is 33.8 Å². The van der Waals surface area contributed by atoms with Gasteiger partial charge >= 0.3 is 6.18 Å². The molecule has 1 aromatic rings. The molecule has 2 rings (SSSR count). The van der Waals surface area contributed by atoms with Crippen LogP contribution in [0.2, 0.25) is 0 Å². The summed E-state index contributed by atoms with van der Waals surface area (Å²) in [4.78, 5) is 0. The Morgan fingerprint density at radius 3 is 2.79 bits per heavy atom. The molecule has 1 nitrogen and oxygen atoms in total. The first kappa shape index (κ1) is 14.9. The minimum atomic E-state index is -4.09. The van der Waals surface area contributed by atoms with Crippen LogP contribution < -0.4 is 5.32 Å². The molecule has 0 bridgehead atoms. The van der Waals surface area contributed by atoms with Crippen molar-refractivity contribution in [2.75, 3.05) is 0 Å². The van der Waals surface area contributed by atoms with E-state index in [0.29, 0.717) is 0 Å². The Balaban J connectivity index is 1.93. The summed E-state index contributed by atoms with van der Waals surface area (Å²) in [6.45, 7) is 1.60. The van der Waals surface area contributed by atoms with Crippen molar-refractivity contribution in [2.45, 2.75) is 50.9 Å². The fourth-order valence-electron chi connectivity index (χ4n) is 2.67. The lowest BCUT2D eigenvalue weighted by Gasteiger charge is -2.29. The lowest BCUT2D eigenvalue weighted by atomic mass is 9.88. The van der Waals surface area contributed by atoms with Gasteiger partial charge in [-0.05, 0) is 49.4 Å². The third-order valence-electron chi connectivity index (χ3n) is 3.45. The van der Waals surface area contributed by atoms with Crippen LogP contribution in [-0.2, 0) is 12.8 Å². The SMILES string of the molecule is CC(CC(F)(F)F)NC1CCc2cc(Br)ccc2C1. The van der Waals surface area contributed by atoms with Crippen molar-refractivity contribution in [2.24, 2.45) is 0 Å². The molecule has 1 aliphatic carbocycles. The van der Waals surface area contributed by atoms with Crippen LogP contribution in [-0.4, -0.2) is 18.3 Å². The fraction of sp³-hybridized carbons (Fsp3) is 0.571. The number of nitrogens with one attached hydrogen (secondary N) is 1. The molecule has 0 spiro atoms. The summed E-state index contributed by atoms with van der Waals surface area (Å²) in [5.41, 5.74) is 2.54. The zero-order valence-corrected chi connectivity index (χ0v) is 12.3. The van der Waals surface area contributed by atoms with E-state index in [1.54, 1.807) is 6.92 Å². The Labute approximate surface area is 119 Å². The molecule has 0 heterocycles. The molecule has 1 N–H and O–H groups in total. The summed E-state index contributed by atoms with van der Waals surface area (Å²) < 4.78 is 38.0. The Morgan fingerprint density at radius 2 is 2.11 bits per heavy atom. The van der Waals surface area contributed by atoms with Gasteiger partial charge in [-0.1, -0.05) is 22.0 Å².